The molecule has 0 radical (unpaired) electrons. The Morgan fingerprint density at radius 2 is 1.86 bits per heavy atom. The van der Waals surface area contributed by atoms with Gasteiger partial charge in [-0.1, -0.05) is 42.5 Å². The summed E-state index contributed by atoms with van der Waals surface area (Å²) in [6.07, 6.45) is 2.34. The highest BCUT2D eigenvalue weighted by molar-refractivity contribution is 7.99. The fraction of sp³-hybridized carbons (Fsp3) is 0.333. The molecule has 0 bridgehead atoms. The third kappa shape index (κ3) is 2.30. The van der Waals surface area contributed by atoms with Crippen LogP contribution in [0.3, 0.4) is 0 Å². The van der Waals surface area contributed by atoms with Gasteiger partial charge < -0.3 is 0 Å². The van der Waals surface area contributed by atoms with Gasteiger partial charge in [-0.05, 0) is 41.5 Å². The van der Waals surface area contributed by atoms with Gasteiger partial charge in [0.1, 0.15) is 0 Å². The molecule has 0 fully saturated rings. The quantitative estimate of drug-likeness (QED) is 0.670. The molecule has 21 heavy (non-hydrogen) atoms. The van der Waals surface area contributed by atoms with Gasteiger partial charge in [-0.2, -0.15) is 0 Å². The zero-order valence-corrected chi connectivity index (χ0v) is 12.8. The molecule has 3 unspecified atom stereocenters. The Bertz CT molecular complexity index is 655. The van der Waals surface area contributed by atoms with E-state index in [4.69, 9.17) is 5.84 Å². The molecule has 1 heterocycles. The third-order valence-corrected chi connectivity index (χ3v) is 6.14. The molecule has 108 valence electrons. The van der Waals surface area contributed by atoms with Crippen LogP contribution < -0.4 is 11.3 Å². The molecule has 1 aliphatic heterocycles. The fourth-order valence-electron chi connectivity index (χ4n) is 3.75. The molecule has 3 atom stereocenters. The van der Waals surface area contributed by atoms with Gasteiger partial charge in [0.05, 0.1) is 0 Å². The molecule has 2 aromatic carbocycles. The minimum atomic E-state index is 0.361. The Balaban J connectivity index is 1.52. The number of nitrogens with two attached hydrogens (primary N) is 1. The third-order valence-electron chi connectivity index (χ3n) is 4.94. The van der Waals surface area contributed by atoms with Gasteiger partial charge in [0.2, 0.25) is 0 Å². The predicted octanol–water partition coefficient (Wildman–Crippen LogP) is 3.44. The van der Waals surface area contributed by atoms with Crippen LogP contribution in [0, 0.1) is 0 Å². The van der Waals surface area contributed by atoms with Gasteiger partial charge in [0.15, 0.2) is 0 Å². The Labute approximate surface area is 130 Å². The normalized spacial score (nSPS) is 24.0. The summed E-state index contributed by atoms with van der Waals surface area (Å²) in [6, 6.07) is 17.9. The van der Waals surface area contributed by atoms with Crippen LogP contribution in [0.25, 0.3) is 0 Å². The van der Waals surface area contributed by atoms with Gasteiger partial charge in [0.25, 0.3) is 0 Å². The summed E-state index contributed by atoms with van der Waals surface area (Å²) in [4.78, 5) is 1.43. The summed E-state index contributed by atoms with van der Waals surface area (Å²) >= 11 is 1.96. The maximum atomic E-state index is 5.90. The first-order valence-electron chi connectivity index (χ1n) is 7.62. The second kappa shape index (κ2) is 5.48. The summed E-state index contributed by atoms with van der Waals surface area (Å²) in [5.74, 6) is 8.24. The van der Waals surface area contributed by atoms with Gasteiger partial charge >= 0.3 is 0 Å². The number of hydrogen-bond acceptors (Lipinski definition) is 3. The summed E-state index contributed by atoms with van der Waals surface area (Å²) in [5.41, 5.74) is 7.61. The van der Waals surface area contributed by atoms with Crippen molar-refractivity contribution in [1.82, 2.24) is 5.43 Å². The molecule has 0 saturated carbocycles. The van der Waals surface area contributed by atoms with E-state index >= 15 is 0 Å². The van der Waals surface area contributed by atoms with E-state index in [1.54, 1.807) is 0 Å². The number of nitrogens with one attached hydrogen (secondary N) is 1. The minimum absolute atomic E-state index is 0.361. The van der Waals surface area contributed by atoms with Gasteiger partial charge in [-0.15, -0.1) is 11.8 Å². The van der Waals surface area contributed by atoms with E-state index in [0.717, 1.165) is 12.2 Å². The average molecular weight is 296 g/mol. The minimum Gasteiger partial charge on any atom is -0.271 e. The number of thioether (sulfide) groups is 1. The van der Waals surface area contributed by atoms with E-state index in [2.05, 4.69) is 54.0 Å². The number of hydrazine groups is 1. The maximum Gasteiger partial charge on any atom is 0.0293 e. The Kier molecular flexibility index (Phi) is 3.49. The van der Waals surface area contributed by atoms with Crippen LogP contribution in [0.5, 0.6) is 0 Å². The van der Waals surface area contributed by atoms with Crippen LogP contribution in [0.1, 0.15) is 34.9 Å². The van der Waals surface area contributed by atoms with Gasteiger partial charge in [-0.3, -0.25) is 11.3 Å². The van der Waals surface area contributed by atoms with Crippen LogP contribution in [-0.2, 0) is 6.42 Å². The molecule has 2 aromatic rings. The van der Waals surface area contributed by atoms with E-state index in [1.165, 1.54) is 28.0 Å². The predicted molar refractivity (Wildman–Crippen MR) is 88.5 cm³/mol. The van der Waals surface area contributed by atoms with Crippen LogP contribution in [-0.4, -0.2) is 11.8 Å². The van der Waals surface area contributed by atoms with Crippen LogP contribution in [0.2, 0.25) is 0 Å². The van der Waals surface area contributed by atoms with Crippen LogP contribution in [0.4, 0.5) is 0 Å². The lowest BCUT2D eigenvalue weighted by atomic mass is 9.72. The summed E-state index contributed by atoms with van der Waals surface area (Å²) in [7, 11) is 0. The van der Waals surface area contributed by atoms with Crippen molar-refractivity contribution in [2.24, 2.45) is 5.84 Å². The molecule has 2 aliphatic rings. The lowest BCUT2D eigenvalue weighted by Gasteiger charge is -2.34. The smallest absolute Gasteiger partial charge is 0.0293 e. The molecule has 3 heteroatoms. The van der Waals surface area contributed by atoms with Gasteiger partial charge in [-0.25, -0.2) is 0 Å². The molecule has 0 aromatic heterocycles. The summed E-state index contributed by atoms with van der Waals surface area (Å²) in [6.45, 7) is 0. The largest absolute Gasteiger partial charge is 0.271 e. The number of fused-ring (bicyclic) bond motifs is 2. The monoisotopic (exact) mass is 296 g/mol. The van der Waals surface area contributed by atoms with Gasteiger partial charge in [0, 0.05) is 22.6 Å². The van der Waals surface area contributed by atoms with E-state index in [-0.39, 0.29) is 0 Å². The van der Waals surface area contributed by atoms with Crippen molar-refractivity contribution in [3.63, 3.8) is 0 Å². The molecule has 2 nitrogen and oxygen atoms in total. The first-order chi connectivity index (χ1) is 10.4. The molecule has 3 N–H and O–H groups in total. The van der Waals surface area contributed by atoms with Crippen molar-refractivity contribution < 1.29 is 0 Å². The van der Waals surface area contributed by atoms with E-state index < -0.39 is 0 Å². The highest BCUT2D eigenvalue weighted by atomic mass is 32.2. The molecule has 0 amide bonds. The SMILES string of the molecule is NNC(CC1Cc2ccccc21)C1CSc2ccccc21. The van der Waals surface area contributed by atoms with E-state index in [1.807, 2.05) is 11.8 Å². The summed E-state index contributed by atoms with van der Waals surface area (Å²) < 4.78 is 0. The molecular weight excluding hydrogens is 276 g/mol. The van der Waals surface area contributed by atoms with Crippen molar-refractivity contribution in [2.75, 3.05) is 5.75 Å². The Morgan fingerprint density at radius 1 is 1.10 bits per heavy atom. The second-order valence-electron chi connectivity index (χ2n) is 6.06. The molecule has 0 spiro atoms. The van der Waals surface area contributed by atoms with Crippen molar-refractivity contribution in [1.29, 1.82) is 0 Å². The zero-order valence-electron chi connectivity index (χ0n) is 12.0. The molecule has 1 aliphatic carbocycles. The van der Waals surface area contributed by atoms with Crippen molar-refractivity contribution in [3.05, 3.63) is 65.2 Å². The maximum absolute atomic E-state index is 5.90. The lowest BCUT2D eigenvalue weighted by Crippen LogP contribution is -2.42. The average Bonchev–Trinajstić information content (AvgIpc) is 2.93. The standard InChI is InChI=1S/C18H20N2S/c19-20-17(10-13-9-12-5-1-2-6-14(12)13)16-11-21-18-8-4-3-7-15(16)18/h1-8,13,16-17,20H,9-11,19H2. The van der Waals surface area contributed by atoms with Crippen LogP contribution >= 0.6 is 11.8 Å². The molecule has 0 saturated heterocycles. The highest BCUT2D eigenvalue weighted by Crippen LogP contribution is 2.45. The first-order valence-corrected chi connectivity index (χ1v) is 8.61. The highest BCUT2D eigenvalue weighted by Gasteiger charge is 2.34. The molecular formula is C18H20N2S. The van der Waals surface area contributed by atoms with E-state index in [9.17, 15) is 0 Å². The number of rotatable bonds is 4. The topological polar surface area (TPSA) is 38.0 Å². The summed E-state index contributed by atoms with van der Waals surface area (Å²) in [5, 5.41) is 0. The lowest BCUT2D eigenvalue weighted by molar-refractivity contribution is 0.385. The van der Waals surface area contributed by atoms with Crippen molar-refractivity contribution in [2.45, 2.75) is 35.6 Å². The number of hydrogen-bond donors (Lipinski definition) is 2. The first kappa shape index (κ1) is 13.4. The Hall–Kier alpha value is -1.29. The molecule has 4 rings (SSSR count). The number of benzene rings is 2. The van der Waals surface area contributed by atoms with Crippen molar-refractivity contribution >= 4 is 11.8 Å². The van der Waals surface area contributed by atoms with Crippen LogP contribution in [0.15, 0.2) is 53.4 Å². The zero-order chi connectivity index (χ0) is 14.2. The fourth-order valence-corrected chi connectivity index (χ4v) is 5.08. The second-order valence-corrected chi connectivity index (χ2v) is 7.13. The van der Waals surface area contributed by atoms with E-state index in [0.29, 0.717) is 17.9 Å². The Morgan fingerprint density at radius 3 is 2.67 bits per heavy atom. The van der Waals surface area contributed by atoms with Crippen molar-refractivity contribution in [3.8, 4) is 0 Å².